The first-order chi connectivity index (χ1) is 8.34. The van der Waals surface area contributed by atoms with Crippen molar-refractivity contribution in [3.05, 3.63) is 0 Å². The fourth-order valence-electron chi connectivity index (χ4n) is 4.76. The van der Waals surface area contributed by atoms with Gasteiger partial charge in [-0.15, -0.1) is 0 Å². The van der Waals surface area contributed by atoms with E-state index in [1.807, 2.05) is 0 Å². The summed E-state index contributed by atoms with van der Waals surface area (Å²) in [7, 11) is 0. The van der Waals surface area contributed by atoms with Crippen molar-refractivity contribution in [2.24, 2.45) is 29.6 Å². The number of Topliss-reactive ketones (excluding diaryl/α,β-unsaturated/α-hetero) is 1. The van der Waals surface area contributed by atoms with Gasteiger partial charge < -0.3 is 9.84 Å². The highest BCUT2D eigenvalue weighted by Gasteiger charge is 2.63. The Hall–Kier alpha value is -0.410. The fraction of sp³-hybridized carbons (Fsp3) is 0.933. The van der Waals surface area contributed by atoms with E-state index in [0.717, 1.165) is 6.42 Å². The van der Waals surface area contributed by atoms with E-state index in [0.29, 0.717) is 36.0 Å². The summed E-state index contributed by atoms with van der Waals surface area (Å²) in [5.74, 6) is 2.37. The molecular formula is C15H24O3. The largest absolute Gasteiger partial charge is 0.380 e. The van der Waals surface area contributed by atoms with Crippen LogP contribution in [0.2, 0.25) is 0 Å². The minimum Gasteiger partial charge on any atom is -0.380 e. The lowest BCUT2D eigenvalue weighted by molar-refractivity contribution is -0.164. The van der Waals surface area contributed by atoms with Crippen molar-refractivity contribution < 1.29 is 14.6 Å². The number of ether oxygens (including phenoxy) is 1. The lowest BCUT2D eigenvalue weighted by Gasteiger charge is -2.47. The van der Waals surface area contributed by atoms with Gasteiger partial charge in [-0.1, -0.05) is 20.8 Å². The third-order valence-corrected chi connectivity index (χ3v) is 5.68. The fourth-order valence-corrected chi connectivity index (χ4v) is 4.76. The van der Waals surface area contributed by atoms with Gasteiger partial charge in [-0.25, -0.2) is 0 Å². The van der Waals surface area contributed by atoms with Crippen LogP contribution in [-0.2, 0) is 9.53 Å². The molecule has 0 aromatic heterocycles. The Morgan fingerprint density at radius 1 is 1.44 bits per heavy atom. The summed E-state index contributed by atoms with van der Waals surface area (Å²) >= 11 is 0. The molecule has 0 aromatic carbocycles. The average molecular weight is 252 g/mol. The van der Waals surface area contributed by atoms with Crippen molar-refractivity contribution in [3.8, 4) is 0 Å². The van der Waals surface area contributed by atoms with Gasteiger partial charge in [0.05, 0.1) is 12.2 Å². The molecule has 1 heterocycles. The van der Waals surface area contributed by atoms with Crippen LogP contribution in [0.5, 0.6) is 0 Å². The molecule has 18 heavy (non-hydrogen) atoms. The molecule has 7 atom stereocenters. The standard InChI is InChI=1S/C15H24O3/c1-7(2)12-10-5-8(3)9-6-11(16)15(4,17)14(18-10)13(9)12/h7-10,12-14,17H,5-6H2,1-4H3/t8-,9+,10-,12-,13+,14-,15+/m1/s1. The number of carbonyl (C=O) groups is 1. The van der Waals surface area contributed by atoms with Gasteiger partial charge in [-0.3, -0.25) is 4.79 Å². The number of fused-ring (bicyclic) bond motifs is 1. The van der Waals surface area contributed by atoms with Gasteiger partial charge in [-0.2, -0.15) is 0 Å². The Kier molecular flexibility index (Phi) is 2.66. The number of ketones is 1. The summed E-state index contributed by atoms with van der Waals surface area (Å²) < 4.78 is 6.12. The summed E-state index contributed by atoms with van der Waals surface area (Å²) in [5.41, 5.74) is -1.27. The van der Waals surface area contributed by atoms with Gasteiger partial charge in [0.1, 0.15) is 5.60 Å². The molecule has 2 aliphatic carbocycles. The Balaban J connectivity index is 2.02. The van der Waals surface area contributed by atoms with Gasteiger partial charge >= 0.3 is 0 Å². The highest BCUT2D eigenvalue weighted by molar-refractivity contribution is 5.88. The molecule has 102 valence electrons. The van der Waals surface area contributed by atoms with E-state index in [1.165, 1.54) is 0 Å². The molecule has 3 heteroatoms. The van der Waals surface area contributed by atoms with Crippen molar-refractivity contribution in [2.45, 2.75) is 58.3 Å². The number of rotatable bonds is 1. The predicted octanol–water partition coefficient (Wildman–Crippen LogP) is 2.02. The first kappa shape index (κ1) is 12.6. The van der Waals surface area contributed by atoms with E-state index in [1.54, 1.807) is 6.92 Å². The highest BCUT2D eigenvalue weighted by Crippen LogP contribution is 2.57. The van der Waals surface area contributed by atoms with Gasteiger partial charge in [0.2, 0.25) is 0 Å². The average Bonchev–Trinajstić information content (AvgIpc) is 2.58. The number of aliphatic hydroxyl groups is 1. The number of carbonyl (C=O) groups excluding carboxylic acids is 1. The zero-order valence-corrected chi connectivity index (χ0v) is 11.7. The van der Waals surface area contributed by atoms with Crippen LogP contribution in [0, 0.1) is 29.6 Å². The topological polar surface area (TPSA) is 46.5 Å². The summed E-state index contributed by atoms with van der Waals surface area (Å²) in [6.45, 7) is 8.36. The van der Waals surface area contributed by atoms with Crippen LogP contribution in [0.4, 0.5) is 0 Å². The Morgan fingerprint density at radius 3 is 2.72 bits per heavy atom. The molecule has 3 fully saturated rings. The van der Waals surface area contributed by atoms with E-state index in [2.05, 4.69) is 20.8 Å². The normalized spacial score (nSPS) is 55.1. The van der Waals surface area contributed by atoms with E-state index >= 15 is 0 Å². The van der Waals surface area contributed by atoms with Crippen molar-refractivity contribution in [1.82, 2.24) is 0 Å². The minimum atomic E-state index is -1.27. The maximum Gasteiger partial charge on any atom is 0.167 e. The van der Waals surface area contributed by atoms with Crippen LogP contribution < -0.4 is 0 Å². The zero-order chi connectivity index (χ0) is 13.2. The molecule has 0 spiro atoms. The second-order valence-corrected chi connectivity index (χ2v) is 7.15. The van der Waals surface area contributed by atoms with Crippen molar-refractivity contribution in [2.75, 3.05) is 0 Å². The Labute approximate surface area is 109 Å². The lowest BCUT2D eigenvalue weighted by atomic mass is 9.56. The maximum absolute atomic E-state index is 12.1. The maximum atomic E-state index is 12.1. The Bertz CT molecular complexity index is 374. The van der Waals surface area contributed by atoms with Gasteiger partial charge in [0, 0.05) is 6.42 Å². The number of hydrogen-bond acceptors (Lipinski definition) is 3. The summed E-state index contributed by atoms with van der Waals surface area (Å²) in [6.07, 6.45) is 1.55. The lowest BCUT2D eigenvalue weighted by Crippen LogP contribution is -2.57. The van der Waals surface area contributed by atoms with Crippen molar-refractivity contribution in [3.63, 3.8) is 0 Å². The van der Waals surface area contributed by atoms with Crippen LogP contribution in [-0.4, -0.2) is 28.7 Å². The van der Waals surface area contributed by atoms with Gasteiger partial charge in [0.25, 0.3) is 0 Å². The van der Waals surface area contributed by atoms with Crippen LogP contribution in [0.25, 0.3) is 0 Å². The summed E-state index contributed by atoms with van der Waals surface area (Å²) in [5, 5.41) is 10.5. The quantitative estimate of drug-likeness (QED) is 0.776. The summed E-state index contributed by atoms with van der Waals surface area (Å²) in [6, 6.07) is 0. The molecule has 1 N–H and O–H groups in total. The minimum absolute atomic E-state index is 0.0225. The van der Waals surface area contributed by atoms with Crippen LogP contribution in [0.15, 0.2) is 0 Å². The monoisotopic (exact) mass is 252 g/mol. The number of hydrogen-bond donors (Lipinski definition) is 1. The molecule has 3 nitrogen and oxygen atoms in total. The Morgan fingerprint density at radius 2 is 2.11 bits per heavy atom. The predicted molar refractivity (Wildman–Crippen MR) is 68.0 cm³/mol. The molecule has 0 amide bonds. The van der Waals surface area contributed by atoms with E-state index in [-0.39, 0.29) is 18.0 Å². The molecule has 1 aliphatic heterocycles. The van der Waals surface area contributed by atoms with E-state index in [4.69, 9.17) is 4.74 Å². The first-order valence-electron chi connectivity index (χ1n) is 7.25. The van der Waals surface area contributed by atoms with Gasteiger partial charge in [-0.05, 0) is 42.9 Å². The molecule has 0 aromatic rings. The zero-order valence-electron chi connectivity index (χ0n) is 11.7. The molecule has 2 saturated carbocycles. The third-order valence-electron chi connectivity index (χ3n) is 5.68. The van der Waals surface area contributed by atoms with Crippen LogP contribution >= 0.6 is 0 Å². The summed E-state index contributed by atoms with van der Waals surface area (Å²) in [4.78, 5) is 12.1. The van der Waals surface area contributed by atoms with E-state index in [9.17, 15) is 9.90 Å². The van der Waals surface area contributed by atoms with E-state index < -0.39 is 5.60 Å². The first-order valence-corrected chi connectivity index (χ1v) is 7.25. The molecule has 2 bridgehead atoms. The highest BCUT2D eigenvalue weighted by atomic mass is 16.5. The molecule has 3 aliphatic rings. The van der Waals surface area contributed by atoms with Crippen LogP contribution in [0.3, 0.4) is 0 Å². The van der Waals surface area contributed by atoms with Crippen molar-refractivity contribution in [1.29, 1.82) is 0 Å². The molecule has 1 saturated heterocycles. The van der Waals surface area contributed by atoms with Gasteiger partial charge in [0.15, 0.2) is 5.78 Å². The molecule has 3 rings (SSSR count). The smallest absolute Gasteiger partial charge is 0.167 e. The SMILES string of the molecule is CC(C)[C@H]1[C@@H]2[C@H]3CC(=O)[C@](C)(O)[C@@H]2O[C@@H]1C[C@H]3C. The van der Waals surface area contributed by atoms with Crippen molar-refractivity contribution >= 4 is 5.78 Å². The molecular weight excluding hydrogens is 228 g/mol. The second kappa shape index (κ2) is 3.80. The van der Waals surface area contributed by atoms with Crippen LogP contribution in [0.1, 0.15) is 40.5 Å². The molecule has 0 unspecified atom stereocenters. The molecule has 0 radical (unpaired) electrons. The second-order valence-electron chi connectivity index (χ2n) is 7.15. The third kappa shape index (κ3) is 1.47.